The number of aliphatic hydroxyl groups is 1. The van der Waals surface area contributed by atoms with Crippen molar-refractivity contribution in [3.8, 4) is 11.3 Å². The molecule has 0 bridgehead atoms. The van der Waals surface area contributed by atoms with E-state index >= 15 is 0 Å². The van der Waals surface area contributed by atoms with Crippen LogP contribution in [-0.2, 0) is 6.42 Å². The molecule has 4 nitrogen and oxygen atoms in total. The van der Waals surface area contributed by atoms with Crippen molar-refractivity contribution >= 4 is 5.71 Å². The second-order valence-electron chi connectivity index (χ2n) is 7.24. The molecular formula is C22H26FN3O. The Morgan fingerprint density at radius 2 is 2.19 bits per heavy atom. The molecule has 1 aliphatic carbocycles. The molecule has 0 unspecified atom stereocenters. The van der Waals surface area contributed by atoms with Gasteiger partial charge in [-0.15, -0.1) is 0 Å². The Balaban J connectivity index is 1.92. The van der Waals surface area contributed by atoms with Gasteiger partial charge in [-0.1, -0.05) is 6.07 Å². The van der Waals surface area contributed by atoms with Crippen LogP contribution in [0.5, 0.6) is 0 Å². The Morgan fingerprint density at radius 1 is 1.41 bits per heavy atom. The molecule has 5 heteroatoms. The van der Waals surface area contributed by atoms with Crippen LogP contribution < -0.4 is 5.32 Å². The molecule has 1 saturated carbocycles. The average Bonchev–Trinajstić information content (AvgIpc) is 3.45. The zero-order valence-corrected chi connectivity index (χ0v) is 15.8. The smallest absolute Gasteiger partial charge is 0.123 e. The fourth-order valence-electron chi connectivity index (χ4n) is 3.09. The van der Waals surface area contributed by atoms with E-state index in [1.54, 1.807) is 26.1 Å². The molecule has 1 aromatic carbocycles. The first-order valence-electron chi connectivity index (χ1n) is 9.35. The molecule has 1 atom stereocenters. The van der Waals surface area contributed by atoms with Crippen LogP contribution in [0.1, 0.15) is 43.9 Å². The van der Waals surface area contributed by atoms with Gasteiger partial charge in [-0.3, -0.25) is 4.98 Å². The van der Waals surface area contributed by atoms with Crippen molar-refractivity contribution in [1.29, 1.82) is 5.41 Å². The molecule has 0 amide bonds. The highest BCUT2D eigenvalue weighted by molar-refractivity contribution is 5.96. The van der Waals surface area contributed by atoms with Gasteiger partial charge in [0, 0.05) is 36.6 Å². The monoisotopic (exact) mass is 367 g/mol. The van der Waals surface area contributed by atoms with Crippen LogP contribution in [0.4, 0.5) is 4.39 Å². The third-order valence-corrected chi connectivity index (χ3v) is 4.85. The maximum absolute atomic E-state index is 13.7. The van der Waals surface area contributed by atoms with Crippen LogP contribution in [0.15, 0.2) is 48.3 Å². The number of pyridine rings is 1. The predicted molar refractivity (Wildman–Crippen MR) is 106 cm³/mol. The fraction of sp³-hybridized carbons (Fsp3) is 0.364. The molecule has 3 rings (SSSR count). The Bertz CT molecular complexity index is 856. The number of hydrogen-bond acceptors (Lipinski definition) is 4. The topological polar surface area (TPSA) is 69.0 Å². The predicted octanol–water partition coefficient (Wildman–Crippen LogP) is 4.41. The Labute approximate surface area is 159 Å². The van der Waals surface area contributed by atoms with Gasteiger partial charge in [0.2, 0.25) is 0 Å². The number of aliphatic hydroxyl groups excluding tert-OH is 1. The van der Waals surface area contributed by atoms with E-state index in [0.717, 1.165) is 29.2 Å². The van der Waals surface area contributed by atoms with E-state index in [-0.39, 0.29) is 5.82 Å². The van der Waals surface area contributed by atoms with Crippen molar-refractivity contribution in [2.24, 2.45) is 5.92 Å². The minimum absolute atomic E-state index is 0.382. The molecule has 2 aromatic rings. The normalized spacial score (nSPS) is 15.5. The quantitative estimate of drug-likeness (QED) is 0.606. The lowest BCUT2D eigenvalue weighted by Gasteiger charge is -2.16. The Hall–Kier alpha value is -2.53. The van der Waals surface area contributed by atoms with Crippen LogP contribution in [0.3, 0.4) is 0 Å². The van der Waals surface area contributed by atoms with Gasteiger partial charge in [-0.05, 0) is 73.6 Å². The minimum Gasteiger partial charge on any atom is -0.390 e. The summed E-state index contributed by atoms with van der Waals surface area (Å²) in [6.07, 6.45) is 5.92. The average molecular weight is 367 g/mol. The molecule has 1 aliphatic rings. The number of halogens is 1. The number of allylic oxidation sites excluding steroid dienone is 1. The van der Waals surface area contributed by atoms with E-state index in [4.69, 9.17) is 5.41 Å². The second kappa shape index (κ2) is 8.44. The van der Waals surface area contributed by atoms with E-state index in [2.05, 4.69) is 10.3 Å². The maximum Gasteiger partial charge on any atom is 0.123 e. The third-order valence-electron chi connectivity index (χ3n) is 4.85. The van der Waals surface area contributed by atoms with E-state index in [1.807, 2.05) is 18.3 Å². The van der Waals surface area contributed by atoms with Crippen molar-refractivity contribution in [3.05, 3.63) is 65.2 Å². The molecule has 0 spiro atoms. The van der Waals surface area contributed by atoms with Gasteiger partial charge in [0.15, 0.2) is 0 Å². The minimum atomic E-state index is -0.801. The molecule has 27 heavy (non-hydrogen) atoms. The first-order valence-corrected chi connectivity index (χ1v) is 9.35. The largest absolute Gasteiger partial charge is 0.390 e. The molecular weight excluding hydrogens is 341 g/mol. The van der Waals surface area contributed by atoms with Crippen molar-refractivity contribution in [2.45, 2.75) is 39.2 Å². The Morgan fingerprint density at radius 3 is 2.85 bits per heavy atom. The van der Waals surface area contributed by atoms with E-state index in [0.29, 0.717) is 23.4 Å². The molecule has 3 N–H and O–H groups in total. The molecule has 1 heterocycles. The zero-order valence-electron chi connectivity index (χ0n) is 15.8. The van der Waals surface area contributed by atoms with E-state index in [1.165, 1.54) is 25.0 Å². The van der Waals surface area contributed by atoms with Gasteiger partial charge in [0.25, 0.3) is 0 Å². The summed E-state index contributed by atoms with van der Waals surface area (Å²) < 4.78 is 13.7. The summed E-state index contributed by atoms with van der Waals surface area (Å²) >= 11 is 0. The van der Waals surface area contributed by atoms with Crippen molar-refractivity contribution in [3.63, 3.8) is 0 Å². The van der Waals surface area contributed by atoms with Crippen LogP contribution in [-0.4, -0.2) is 22.3 Å². The lowest BCUT2D eigenvalue weighted by atomic mass is 9.93. The molecule has 142 valence electrons. The Kier molecular flexibility index (Phi) is 6.01. The second-order valence-corrected chi connectivity index (χ2v) is 7.24. The van der Waals surface area contributed by atoms with Crippen LogP contribution in [0.2, 0.25) is 0 Å². The molecule has 0 saturated heterocycles. The maximum atomic E-state index is 13.7. The summed E-state index contributed by atoms with van der Waals surface area (Å²) in [7, 11) is 0. The summed E-state index contributed by atoms with van der Waals surface area (Å²) in [6.45, 7) is 4.34. The van der Waals surface area contributed by atoms with Gasteiger partial charge in [-0.2, -0.15) is 0 Å². The molecule has 0 radical (unpaired) electrons. The van der Waals surface area contributed by atoms with Crippen LogP contribution in [0, 0.1) is 17.1 Å². The van der Waals surface area contributed by atoms with Gasteiger partial charge < -0.3 is 15.8 Å². The van der Waals surface area contributed by atoms with Crippen molar-refractivity contribution in [1.82, 2.24) is 10.3 Å². The molecule has 1 fully saturated rings. The van der Waals surface area contributed by atoms with E-state index in [9.17, 15) is 9.50 Å². The summed E-state index contributed by atoms with van der Waals surface area (Å²) in [4.78, 5) is 4.50. The number of rotatable bonds is 8. The van der Waals surface area contributed by atoms with Gasteiger partial charge in [0.1, 0.15) is 5.82 Å². The summed E-state index contributed by atoms with van der Waals surface area (Å²) in [5.41, 5.74) is 4.28. The summed E-state index contributed by atoms with van der Waals surface area (Å²) in [5, 5.41) is 21.5. The number of hydrogen-bond donors (Lipinski definition) is 3. The SMILES string of the molecule is CC(=N)/C(=C\NCC1CC1)Cc1cccnc1-c1ccc(F)cc1[C@@H](C)O. The number of nitrogens with zero attached hydrogens (tertiary/aromatic N) is 1. The van der Waals surface area contributed by atoms with Gasteiger partial charge in [0.05, 0.1) is 11.8 Å². The number of benzene rings is 1. The number of aromatic nitrogens is 1. The summed E-state index contributed by atoms with van der Waals surface area (Å²) in [6, 6.07) is 8.23. The lowest BCUT2D eigenvalue weighted by Crippen LogP contribution is -2.13. The highest BCUT2D eigenvalue weighted by atomic mass is 19.1. The van der Waals surface area contributed by atoms with Crippen LogP contribution in [0.25, 0.3) is 11.3 Å². The number of nitrogens with one attached hydrogen (secondary N) is 2. The van der Waals surface area contributed by atoms with E-state index < -0.39 is 6.10 Å². The zero-order chi connectivity index (χ0) is 19.4. The highest BCUT2D eigenvalue weighted by Gasteiger charge is 2.20. The third kappa shape index (κ3) is 5.01. The first kappa shape index (κ1) is 19.2. The standard InChI is InChI=1S/C22H26FN3O/c1-14(24)18(13-25-12-16-5-6-16)10-17-4-3-9-26-22(17)20-8-7-19(23)11-21(20)15(2)27/h3-4,7-9,11,13,15-16,24-25,27H,5-6,10,12H2,1-2H3/b18-13-,24-14?/t15-/m1/s1. The van der Waals surface area contributed by atoms with Crippen molar-refractivity contribution < 1.29 is 9.50 Å². The highest BCUT2D eigenvalue weighted by Crippen LogP contribution is 2.31. The van der Waals surface area contributed by atoms with Crippen LogP contribution >= 0.6 is 0 Å². The van der Waals surface area contributed by atoms with Gasteiger partial charge in [-0.25, -0.2) is 4.39 Å². The van der Waals surface area contributed by atoms with Gasteiger partial charge >= 0.3 is 0 Å². The van der Waals surface area contributed by atoms with Crippen molar-refractivity contribution in [2.75, 3.05) is 6.54 Å². The fourth-order valence-corrected chi connectivity index (χ4v) is 3.09. The first-order chi connectivity index (χ1) is 13.0. The summed E-state index contributed by atoms with van der Waals surface area (Å²) in [5.74, 6) is 0.377. The molecule has 1 aromatic heterocycles. The molecule has 0 aliphatic heterocycles. The lowest BCUT2D eigenvalue weighted by molar-refractivity contribution is 0.199.